The molecule has 2 heterocycles. The fourth-order valence-corrected chi connectivity index (χ4v) is 4.34. The van der Waals surface area contributed by atoms with Crippen LogP contribution in [0.4, 0.5) is 4.39 Å². The number of morpholine rings is 1. The molecule has 0 aromatic heterocycles. The minimum absolute atomic E-state index is 0.0330. The predicted molar refractivity (Wildman–Crippen MR) is 120 cm³/mol. The molecular formula is C25H27FN2O5. The number of hydrogen-bond acceptors (Lipinski definition) is 6. The Balaban J connectivity index is 1.80. The quantitative estimate of drug-likeness (QED) is 0.410. The topological polar surface area (TPSA) is 90.3 Å². The number of halogens is 1. The summed E-state index contributed by atoms with van der Waals surface area (Å²) in [4.78, 5) is 29.5. The van der Waals surface area contributed by atoms with E-state index < -0.39 is 29.3 Å². The third kappa shape index (κ3) is 4.36. The van der Waals surface area contributed by atoms with Crippen LogP contribution in [0.2, 0.25) is 0 Å². The van der Waals surface area contributed by atoms with Gasteiger partial charge >= 0.3 is 0 Å². The Morgan fingerprint density at radius 1 is 1.09 bits per heavy atom. The second kappa shape index (κ2) is 9.33. The maximum absolute atomic E-state index is 14.9. The van der Waals surface area contributed by atoms with Crippen molar-refractivity contribution < 1.29 is 28.9 Å². The summed E-state index contributed by atoms with van der Waals surface area (Å²) < 4.78 is 20.2. The molecule has 33 heavy (non-hydrogen) atoms. The fraction of sp³-hybridized carbons (Fsp3) is 0.360. The number of phenolic OH excluding ortho intramolecular Hbond substituents is 1. The number of carbonyl (C=O) groups is 2. The number of phenols is 1. The van der Waals surface area contributed by atoms with Gasteiger partial charge in [-0.25, -0.2) is 4.39 Å². The van der Waals surface area contributed by atoms with E-state index >= 15 is 0 Å². The number of ether oxygens (including phenoxy) is 1. The van der Waals surface area contributed by atoms with Gasteiger partial charge in [-0.05, 0) is 43.2 Å². The maximum Gasteiger partial charge on any atom is 0.295 e. The largest absolute Gasteiger partial charge is 0.507 e. The molecule has 7 nitrogen and oxygen atoms in total. The third-order valence-corrected chi connectivity index (χ3v) is 6.37. The first-order chi connectivity index (χ1) is 15.8. The lowest BCUT2D eigenvalue weighted by molar-refractivity contribution is -0.140. The predicted octanol–water partition coefficient (Wildman–Crippen LogP) is 2.90. The van der Waals surface area contributed by atoms with Gasteiger partial charge in [0.05, 0.1) is 30.4 Å². The summed E-state index contributed by atoms with van der Waals surface area (Å²) >= 11 is 0. The number of likely N-dealkylation sites (tertiary alicyclic amines) is 1. The summed E-state index contributed by atoms with van der Waals surface area (Å²) in [6.45, 7) is 6.85. The lowest BCUT2D eigenvalue weighted by atomic mass is 9.93. The molecule has 2 fully saturated rings. The number of Topliss-reactive ketones (excluding diaryl/α,β-unsaturated/α-hetero) is 1. The van der Waals surface area contributed by atoms with Gasteiger partial charge in [0.25, 0.3) is 11.7 Å². The number of rotatable bonds is 5. The first kappa shape index (κ1) is 22.9. The molecule has 2 saturated heterocycles. The molecule has 1 amide bonds. The van der Waals surface area contributed by atoms with Crippen molar-refractivity contribution in [2.45, 2.75) is 19.9 Å². The highest BCUT2D eigenvalue weighted by Gasteiger charge is 2.47. The molecule has 2 N–H and O–H groups in total. The van der Waals surface area contributed by atoms with Crippen LogP contribution < -0.4 is 0 Å². The van der Waals surface area contributed by atoms with Gasteiger partial charge in [-0.15, -0.1) is 0 Å². The molecular weight excluding hydrogens is 427 g/mol. The number of aromatic hydroxyl groups is 1. The number of carbonyl (C=O) groups excluding carboxylic acids is 2. The van der Waals surface area contributed by atoms with Crippen LogP contribution in [0.25, 0.3) is 5.76 Å². The van der Waals surface area contributed by atoms with E-state index in [4.69, 9.17) is 4.74 Å². The van der Waals surface area contributed by atoms with Crippen LogP contribution in [0.15, 0.2) is 42.0 Å². The summed E-state index contributed by atoms with van der Waals surface area (Å²) in [6, 6.07) is 7.83. The second-order valence-electron chi connectivity index (χ2n) is 8.42. The van der Waals surface area contributed by atoms with Gasteiger partial charge in [-0.2, -0.15) is 0 Å². The van der Waals surface area contributed by atoms with Crippen molar-refractivity contribution in [2.24, 2.45) is 0 Å². The van der Waals surface area contributed by atoms with Crippen LogP contribution in [0.1, 0.15) is 28.3 Å². The molecule has 0 radical (unpaired) electrons. The Morgan fingerprint density at radius 3 is 2.45 bits per heavy atom. The zero-order valence-electron chi connectivity index (χ0n) is 18.7. The molecule has 0 aliphatic carbocycles. The normalized spacial score (nSPS) is 21.1. The van der Waals surface area contributed by atoms with Crippen molar-refractivity contribution in [3.63, 3.8) is 0 Å². The first-order valence-electron chi connectivity index (χ1n) is 10.9. The molecule has 1 atom stereocenters. The van der Waals surface area contributed by atoms with Crippen LogP contribution in [-0.4, -0.2) is 71.1 Å². The monoisotopic (exact) mass is 454 g/mol. The van der Waals surface area contributed by atoms with Crippen molar-refractivity contribution in [1.29, 1.82) is 0 Å². The number of nitrogens with zero attached hydrogens (tertiary/aromatic N) is 2. The molecule has 0 saturated carbocycles. The molecule has 2 aromatic carbocycles. The number of hydrogen-bond donors (Lipinski definition) is 2. The molecule has 4 rings (SSSR count). The van der Waals surface area contributed by atoms with Crippen LogP contribution in [0.3, 0.4) is 0 Å². The van der Waals surface area contributed by atoms with Crippen LogP contribution in [0, 0.1) is 19.7 Å². The molecule has 2 aliphatic rings. The highest BCUT2D eigenvalue weighted by atomic mass is 19.1. The minimum Gasteiger partial charge on any atom is -0.507 e. The van der Waals surface area contributed by atoms with E-state index in [2.05, 4.69) is 4.90 Å². The molecule has 0 bridgehead atoms. The molecule has 1 unspecified atom stereocenters. The molecule has 0 spiro atoms. The van der Waals surface area contributed by atoms with Crippen molar-refractivity contribution in [2.75, 3.05) is 39.4 Å². The van der Waals surface area contributed by atoms with Gasteiger partial charge in [-0.3, -0.25) is 14.5 Å². The maximum atomic E-state index is 14.9. The number of aliphatic hydroxyl groups excluding tert-OH is 1. The summed E-state index contributed by atoms with van der Waals surface area (Å²) in [7, 11) is 0. The van der Waals surface area contributed by atoms with Gasteiger partial charge in [0.2, 0.25) is 0 Å². The van der Waals surface area contributed by atoms with Crippen molar-refractivity contribution in [1.82, 2.24) is 9.80 Å². The van der Waals surface area contributed by atoms with Gasteiger partial charge in [0, 0.05) is 31.7 Å². The van der Waals surface area contributed by atoms with E-state index in [1.807, 2.05) is 6.92 Å². The highest BCUT2D eigenvalue weighted by molar-refractivity contribution is 6.46. The first-order valence-corrected chi connectivity index (χ1v) is 10.9. The Hall–Kier alpha value is -3.23. The Labute approximate surface area is 191 Å². The molecule has 2 aliphatic heterocycles. The van der Waals surface area contributed by atoms with Gasteiger partial charge in [0.15, 0.2) is 0 Å². The smallest absolute Gasteiger partial charge is 0.295 e. The zero-order chi connectivity index (χ0) is 23.7. The van der Waals surface area contributed by atoms with Gasteiger partial charge in [0.1, 0.15) is 17.3 Å². The number of amides is 1. The average Bonchev–Trinajstić information content (AvgIpc) is 3.05. The molecule has 8 heteroatoms. The number of aliphatic hydroxyl groups is 1. The van der Waals surface area contributed by atoms with Crippen LogP contribution >= 0.6 is 0 Å². The van der Waals surface area contributed by atoms with Gasteiger partial charge < -0.3 is 19.8 Å². The zero-order valence-corrected chi connectivity index (χ0v) is 18.7. The molecule has 174 valence electrons. The molecule has 2 aromatic rings. The minimum atomic E-state index is -1.10. The van der Waals surface area contributed by atoms with Crippen molar-refractivity contribution in [3.8, 4) is 5.75 Å². The third-order valence-electron chi connectivity index (χ3n) is 6.37. The Bertz CT molecular complexity index is 1120. The lowest BCUT2D eigenvalue weighted by Gasteiger charge is -2.31. The van der Waals surface area contributed by atoms with Crippen LogP contribution in [0.5, 0.6) is 5.75 Å². The Kier molecular flexibility index (Phi) is 6.49. The van der Waals surface area contributed by atoms with Crippen LogP contribution in [-0.2, 0) is 14.3 Å². The second-order valence-corrected chi connectivity index (χ2v) is 8.42. The average molecular weight is 454 g/mol. The fourth-order valence-electron chi connectivity index (χ4n) is 4.34. The van der Waals surface area contributed by atoms with E-state index in [1.165, 1.54) is 29.2 Å². The van der Waals surface area contributed by atoms with Crippen molar-refractivity contribution >= 4 is 17.4 Å². The van der Waals surface area contributed by atoms with E-state index in [-0.39, 0.29) is 29.0 Å². The summed E-state index contributed by atoms with van der Waals surface area (Å²) in [5, 5.41) is 21.6. The summed E-state index contributed by atoms with van der Waals surface area (Å²) in [5.41, 5.74) is 1.51. The number of ketones is 1. The lowest BCUT2D eigenvalue weighted by Crippen LogP contribution is -2.42. The Morgan fingerprint density at radius 2 is 1.76 bits per heavy atom. The van der Waals surface area contributed by atoms with Gasteiger partial charge in [-0.1, -0.05) is 18.2 Å². The summed E-state index contributed by atoms with van der Waals surface area (Å²) in [6.07, 6.45) is 0. The van der Waals surface area contributed by atoms with E-state index in [0.29, 0.717) is 32.8 Å². The van der Waals surface area contributed by atoms with E-state index in [1.54, 1.807) is 19.1 Å². The van der Waals surface area contributed by atoms with E-state index in [9.17, 15) is 24.2 Å². The standard InChI is InChI=1S/C25H27FN2O5/c1-15-13-18(20(29)14-16(15)2)23(30)21-22(17-5-3-4-6-19(17)26)28(25(32)24(21)31)8-7-27-9-11-33-12-10-27/h3-6,13-14,22,29-30H,7-12H2,1-2H3/b23-21+. The SMILES string of the molecule is Cc1cc(O)c(/C(O)=C2\C(=O)C(=O)N(CCN3CCOCC3)C2c2ccccc2F)cc1C. The van der Waals surface area contributed by atoms with E-state index in [0.717, 1.165) is 11.1 Å². The highest BCUT2D eigenvalue weighted by Crippen LogP contribution is 2.41. The number of benzene rings is 2. The van der Waals surface area contributed by atoms with Crippen molar-refractivity contribution in [3.05, 3.63) is 70.0 Å². The number of aryl methyl sites for hydroxylation is 2. The summed E-state index contributed by atoms with van der Waals surface area (Å²) in [5.74, 6) is -3.03.